The van der Waals surface area contributed by atoms with Crippen LogP contribution in [0.4, 0.5) is 19.3 Å². The van der Waals surface area contributed by atoms with Crippen molar-refractivity contribution < 1.29 is 18.3 Å². The largest absolute Gasteiger partial charge is 0.467 e. The SMILES string of the molecule is CC12CC(NC(=O)N1c1ccc(F)cc1F)c1cc(Cl)ccc1O2. The van der Waals surface area contributed by atoms with Gasteiger partial charge in [0.25, 0.3) is 0 Å². The van der Waals surface area contributed by atoms with E-state index < -0.39 is 23.4 Å². The summed E-state index contributed by atoms with van der Waals surface area (Å²) in [4.78, 5) is 13.8. The lowest BCUT2D eigenvalue weighted by atomic mass is 9.90. The third kappa shape index (κ3) is 2.21. The third-order valence-corrected chi connectivity index (χ3v) is 4.62. The van der Waals surface area contributed by atoms with Crippen molar-refractivity contribution in [1.82, 2.24) is 5.32 Å². The molecule has 0 saturated carbocycles. The van der Waals surface area contributed by atoms with Crippen molar-refractivity contribution in [2.45, 2.75) is 25.1 Å². The van der Waals surface area contributed by atoms with E-state index in [1.807, 2.05) is 0 Å². The number of carbonyl (C=O) groups excluding carboxylic acids is 1. The number of fused-ring (bicyclic) bond motifs is 4. The Hall–Kier alpha value is -2.34. The molecule has 2 amide bonds. The Morgan fingerprint density at radius 1 is 1.29 bits per heavy atom. The number of rotatable bonds is 1. The summed E-state index contributed by atoms with van der Waals surface area (Å²) < 4.78 is 33.4. The quantitative estimate of drug-likeness (QED) is 0.828. The molecule has 1 N–H and O–H groups in total. The minimum absolute atomic E-state index is 0.0349. The fourth-order valence-electron chi connectivity index (χ4n) is 3.37. The highest BCUT2D eigenvalue weighted by Crippen LogP contribution is 2.46. The standard InChI is InChI=1S/C17H13ClF2N2O2/c1-17-8-13(11-6-9(18)2-5-15(11)24-17)21-16(23)22(17)14-4-3-10(19)7-12(14)20/h2-7,13H,8H2,1H3,(H,21,23). The zero-order chi connectivity index (χ0) is 17.1. The number of hydrogen-bond donors (Lipinski definition) is 1. The van der Waals surface area contributed by atoms with E-state index in [4.69, 9.17) is 16.3 Å². The van der Waals surface area contributed by atoms with Crippen molar-refractivity contribution in [3.63, 3.8) is 0 Å². The Morgan fingerprint density at radius 2 is 2.08 bits per heavy atom. The second-order valence-corrected chi connectivity index (χ2v) is 6.53. The molecule has 24 heavy (non-hydrogen) atoms. The van der Waals surface area contributed by atoms with Crippen molar-refractivity contribution in [3.05, 3.63) is 58.6 Å². The van der Waals surface area contributed by atoms with Crippen LogP contribution in [0.3, 0.4) is 0 Å². The van der Waals surface area contributed by atoms with Crippen LogP contribution in [0.15, 0.2) is 36.4 Å². The van der Waals surface area contributed by atoms with Crippen LogP contribution in [-0.2, 0) is 0 Å². The van der Waals surface area contributed by atoms with Crippen molar-refractivity contribution >= 4 is 23.3 Å². The van der Waals surface area contributed by atoms with Crippen LogP contribution < -0.4 is 15.0 Å². The maximum absolute atomic E-state index is 14.2. The van der Waals surface area contributed by atoms with Crippen LogP contribution in [0.2, 0.25) is 5.02 Å². The highest BCUT2D eigenvalue weighted by molar-refractivity contribution is 6.30. The Kier molecular flexibility index (Phi) is 3.22. The van der Waals surface area contributed by atoms with Crippen LogP contribution in [-0.4, -0.2) is 11.8 Å². The molecule has 124 valence electrons. The molecule has 4 nitrogen and oxygen atoms in total. The molecule has 1 saturated heterocycles. The average molecular weight is 351 g/mol. The molecule has 2 atom stereocenters. The molecule has 2 aliphatic rings. The van der Waals surface area contributed by atoms with E-state index in [2.05, 4.69) is 5.32 Å². The van der Waals surface area contributed by atoms with E-state index in [1.54, 1.807) is 25.1 Å². The van der Waals surface area contributed by atoms with E-state index in [1.165, 1.54) is 11.0 Å². The molecular formula is C17H13ClF2N2O2. The van der Waals surface area contributed by atoms with Crippen molar-refractivity contribution in [3.8, 4) is 5.75 Å². The molecule has 2 aromatic rings. The fraction of sp³-hybridized carbons (Fsp3) is 0.235. The Bertz CT molecular complexity index is 860. The lowest BCUT2D eigenvalue weighted by Gasteiger charge is -2.50. The number of halogens is 3. The van der Waals surface area contributed by atoms with Crippen LogP contribution in [0, 0.1) is 11.6 Å². The minimum Gasteiger partial charge on any atom is -0.467 e. The van der Waals surface area contributed by atoms with Gasteiger partial charge in [-0.25, -0.2) is 13.6 Å². The number of nitrogens with zero attached hydrogens (tertiary/aromatic N) is 1. The molecule has 2 bridgehead atoms. The minimum atomic E-state index is -1.09. The predicted molar refractivity (Wildman–Crippen MR) is 85.2 cm³/mol. The number of urea groups is 1. The van der Waals surface area contributed by atoms with Gasteiger partial charge in [-0.3, -0.25) is 4.90 Å². The van der Waals surface area contributed by atoms with Gasteiger partial charge in [0.1, 0.15) is 17.4 Å². The molecule has 2 aliphatic heterocycles. The van der Waals surface area contributed by atoms with E-state index in [0.717, 1.165) is 17.7 Å². The fourth-order valence-corrected chi connectivity index (χ4v) is 3.55. The summed E-state index contributed by atoms with van der Waals surface area (Å²) in [6.07, 6.45) is 0.406. The Morgan fingerprint density at radius 3 is 2.83 bits per heavy atom. The first-order valence-corrected chi connectivity index (χ1v) is 7.79. The van der Waals surface area contributed by atoms with Gasteiger partial charge in [0, 0.05) is 23.1 Å². The van der Waals surface area contributed by atoms with Crippen LogP contribution in [0.5, 0.6) is 5.75 Å². The topological polar surface area (TPSA) is 41.6 Å². The first-order valence-electron chi connectivity index (χ1n) is 7.42. The highest BCUT2D eigenvalue weighted by Gasteiger charge is 2.50. The van der Waals surface area contributed by atoms with Gasteiger partial charge < -0.3 is 10.1 Å². The average Bonchev–Trinajstić information content (AvgIpc) is 2.50. The Balaban J connectivity index is 1.82. The smallest absolute Gasteiger partial charge is 0.325 e. The summed E-state index contributed by atoms with van der Waals surface area (Å²) in [5.41, 5.74) is -0.341. The summed E-state index contributed by atoms with van der Waals surface area (Å²) in [6.45, 7) is 1.71. The van der Waals surface area contributed by atoms with E-state index >= 15 is 0 Å². The van der Waals surface area contributed by atoms with Gasteiger partial charge in [-0.1, -0.05) is 11.6 Å². The zero-order valence-corrected chi connectivity index (χ0v) is 13.4. The molecule has 7 heteroatoms. The Labute approximate surface area is 142 Å². The lowest BCUT2D eigenvalue weighted by Crippen LogP contribution is -2.65. The number of hydrogen-bond acceptors (Lipinski definition) is 2. The molecule has 1 fully saturated rings. The van der Waals surface area contributed by atoms with Gasteiger partial charge in [-0.2, -0.15) is 0 Å². The van der Waals surface area contributed by atoms with Crippen LogP contribution in [0.25, 0.3) is 0 Å². The summed E-state index contributed by atoms with van der Waals surface area (Å²) in [5, 5.41) is 3.38. The zero-order valence-electron chi connectivity index (χ0n) is 12.6. The van der Waals surface area contributed by atoms with Gasteiger partial charge in [0.05, 0.1) is 11.7 Å². The van der Waals surface area contributed by atoms with E-state index in [-0.39, 0.29) is 11.7 Å². The molecule has 4 rings (SSSR count). The second-order valence-electron chi connectivity index (χ2n) is 6.10. The maximum Gasteiger partial charge on any atom is 0.325 e. The molecule has 0 radical (unpaired) electrons. The maximum atomic E-state index is 14.2. The summed E-state index contributed by atoms with van der Waals surface area (Å²) in [7, 11) is 0. The first kappa shape index (κ1) is 15.2. The van der Waals surface area contributed by atoms with Gasteiger partial charge in [0.15, 0.2) is 5.72 Å². The van der Waals surface area contributed by atoms with E-state index in [9.17, 15) is 13.6 Å². The normalized spacial score (nSPS) is 24.9. The summed E-state index contributed by atoms with van der Waals surface area (Å²) in [6, 6.07) is 7.45. The molecule has 0 aliphatic carbocycles. The summed E-state index contributed by atoms with van der Waals surface area (Å²) >= 11 is 6.02. The van der Waals surface area contributed by atoms with Crippen molar-refractivity contribution in [2.75, 3.05) is 4.90 Å². The number of carbonyl (C=O) groups is 1. The number of anilines is 1. The van der Waals surface area contributed by atoms with E-state index in [0.29, 0.717) is 17.2 Å². The third-order valence-electron chi connectivity index (χ3n) is 4.38. The number of amides is 2. The number of ether oxygens (including phenoxy) is 1. The summed E-state index contributed by atoms with van der Waals surface area (Å²) in [5.74, 6) is -0.956. The molecule has 0 spiro atoms. The molecule has 2 aromatic carbocycles. The van der Waals surface area contributed by atoms with Gasteiger partial charge in [0.2, 0.25) is 0 Å². The highest BCUT2D eigenvalue weighted by atomic mass is 35.5. The monoisotopic (exact) mass is 350 g/mol. The molecule has 2 unspecified atom stereocenters. The molecule has 0 aromatic heterocycles. The second kappa shape index (κ2) is 5.08. The van der Waals surface area contributed by atoms with Gasteiger partial charge in [-0.15, -0.1) is 0 Å². The first-order chi connectivity index (χ1) is 11.4. The van der Waals surface area contributed by atoms with Gasteiger partial charge in [-0.05, 0) is 37.3 Å². The van der Waals surface area contributed by atoms with Gasteiger partial charge >= 0.3 is 6.03 Å². The molecule has 2 heterocycles. The molecular weight excluding hydrogens is 338 g/mol. The lowest BCUT2D eigenvalue weighted by molar-refractivity contribution is 0.0373. The van der Waals surface area contributed by atoms with Crippen molar-refractivity contribution in [2.24, 2.45) is 0 Å². The predicted octanol–water partition coefficient (Wildman–Crippen LogP) is 4.39. The van der Waals surface area contributed by atoms with Crippen molar-refractivity contribution in [1.29, 1.82) is 0 Å². The number of nitrogens with one attached hydrogen (secondary N) is 1. The van der Waals surface area contributed by atoms with Crippen LogP contribution >= 0.6 is 11.6 Å². The number of benzene rings is 2. The van der Waals surface area contributed by atoms with Crippen LogP contribution in [0.1, 0.15) is 24.9 Å².